The summed E-state index contributed by atoms with van der Waals surface area (Å²) < 4.78 is 5.62. The summed E-state index contributed by atoms with van der Waals surface area (Å²) in [5.41, 5.74) is 0. The minimum absolute atomic E-state index is 0.541. The first-order valence-corrected chi connectivity index (χ1v) is 7.84. The van der Waals surface area contributed by atoms with E-state index in [1.165, 1.54) is 25.7 Å². The number of anilines is 1. The third kappa shape index (κ3) is 2.87. The van der Waals surface area contributed by atoms with Crippen LogP contribution in [-0.4, -0.2) is 41.7 Å². The quantitative estimate of drug-likeness (QED) is 0.891. The average molecular weight is 276 g/mol. The molecular formula is C15H24N4O. The molecule has 2 fully saturated rings. The van der Waals surface area contributed by atoms with Crippen molar-refractivity contribution in [3.63, 3.8) is 0 Å². The van der Waals surface area contributed by atoms with Gasteiger partial charge in [-0.25, -0.2) is 4.98 Å². The van der Waals surface area contributed by atoms with E-state index in [0.29, 0.717) is 24.6 Å². The molecule has 2 aliphatic heterocycles. The molecule has 5 heteroatoms. The van der Waals surface area contributed by atoms with Crippen molar-refractivity contribution in [3.05, 3.63) is 12.3 Å². The van der Waals surface area contributed by atoms with Crippen LogP contribution in [0.4, 0.5) is 5.95 Å². The summed E-state index contributed by atoms with van der Waals surface area (Å²) in [6.45, 7) is 5.02. The molecule has 5 nitrogen and oxygen atoms in total. The highest BCUT2D eigenvalue weighted by Crippen LogP contribution is 2.28. The molecule has 0 bridgehead atoms. The Morgan fingerprint density at radius 3 is 3.15 bits per heavy atom. The predicted molar refractivity (Wildman–Crippen MR) is 79.2 cm³/mol. The maximum absolute atomic E-state index is 5.62. The van der Waals surface area contributed by atoms with Crippen LogP contribution in [0.5, 0.6) is 5.88 Å². The van der Waals surface area contributed by atoms with E-state index in [4.69, 9.17) is 4.74 Å². The van der Waals surface area contributed by atoms with E-state index in [-0.39, 0.29) is 0 Å². The van der Waals surface area contributed by atoms with Gasteiger partial charge in [0.1, 0.15) is 0 Å². The number of rotatable bonds is 5. The summed E-state index contributed by atoms with van der Waals surface area (Å²) in [5.74, 6) is 1.52. The Hall–Kier alpha value is -1.36. The zero-order chi connectivity index (χ0) is 13.8. The largest absolute Gasteiger partial charge is 0.478 e. The third-order valence-corrected chi connectivity index (χ3v) is 4.19. The first-order chi connectivity index (χ1) is 9.88. The lowest BCUT2D eigenvalue weighted by molar-refractivity contribution is 0.304. The highest BCUT2D eigenvalue weighted by atomic mass is 16.5. The standard InChI is InChI=1S/C15H24N4O/c1-2-11-20-14-7-9-17-15(18-14)19-10-4-6-13(19)12-5-3-8-16-12/h7,9,12-13,16H,2-6,8,10-11H2,1H3. The van der Waals surface area contributed by atoms with E-state index < -0.39 is 0 Å². The van der Waals surface area contributed by atoms with Gasteiger partial charge >= 0.3 is 0 Å². The van der Waals surface area contributed by atoms with Crippen LogP contribution in [0.2, 0.25) is 0 Å². The molecule has 1 N–H and O–H groups in total. The van der Waals surface area contributed by atoms with Gasteiger partial charge in [-0.2, -0.15) is 4.98 Å². The van der Waals surface area contributed by atoms with E-state index in [1.54, 1.807) is 0 Å². The number of aromatic nitrogens is 2. The van der Waals surface area contributed by atoms with Gasteiger partial charge in [-0.1, -0.05) is 6.92 Å². The van der Waals surface area contributed by atoms with E-state index >= 15 is 0 Å². The summed E-state index contributed by atoms with van der Waals surface area (Å²) >= 11 is 0. The number of hydrogen-bond acceptors (Lipinski definition) is 5. The summed E-state index contributed by atoms with van der Waals surface area (Å²) in [4.78, 5) is 11.4. The molecule has 0 amide bonds. The van der Waals surface area contributed by atoms with Crippen LogP contribution in [0.1, 0.15) is 39.0 Å². The number of ether oxygens (including phenoxy) is 1. The van der Waals surface area contributed by atoms with Gasteiger partial charge in [0.2, 0.25) is 11.8 Å². The molecule has 0 aliphatic carbocycles. The predicted octanol–water partition coefficient (Wildman–Crippen LogP) is 1.99. The van der Waals surface area contributed by atoms with Crippen LogP contribution in [0.3, 0.4) is 0 Å². The van der Waals surface area contributed by atoms with Crippen LogP contribution in [-0.2, 0) is 0 Å². The fourth-order valence-corrected chi connectivity index (χ4v) is 3.26. The lowest BCUT2D eigenvalue weighted by Gasteiger charge is -2.29. The van der Waals surface area contributed by atoms with Gasteiger partial charge in [0.05, 0.1) is 6.61 Å². The summed E-state index contributed by atoms with van der Waals surface area (Å²) in [6.07, 6.45) is 7.83. The minimum atomic E-state index is 0.541. The third-order valence-electron chi connectivity index (χ3n) is 4.19. The Morgan fingerprint density at radius 1 is 1.40 bits per heavy atom. The average Bonchev–Trinajstić information content (AvgIpc) is 3.15. The Balaban J connectivity index is 1.73. The molecule has 2 saturated heterocycles. The van der Waals surface area contributed by atoms with Gasteiger partial charge in [-0.05, 0) is 38.6 Å². The van der Waals surface area contributed by atoms with Crippen LogP contribution in [0.15, 0.2) is 12.3 Å². The first kappa shape index (κ1) is 13.6. The Kier molecular flexibility index (Phi) is 4.35. The van der Waals surface area contributed by atoms with Crippen molar-refractivity contribution in [3.8, 4) is 5.88 Å². The second-order valence-electron chi connectivity index (χ2n) is 5.65. The second kappa shape index (κ2) is 6.39. The fraction of sp³-hybridized carbons (Fsp3) is 0.733. The van der Waals surface area contributed by atoms with Crippen molar-refractivity contribution in [1.29, 1.82) is 0 Å². The molecular weight excluding hydrogens is 252 g/mol. The van der Waals surface area contributed by atoms with Crippen LogP contribution < -0.4 is 15.0 Å². The summed E-state index contributed by atoms with van der Waals surface area (Å²) in [5, 5.41) is 3.62. The molecule has 0 radical (unpaired) electrons. The molecule has 3 heterocycles. The number of nitrogens with one attached hydrogen (secondary N) is 1. The number of hydrogen-bond donors (Lipinski definition) is 1. The molecule has 20 heavy (non-hydrogen) atoms. The van der Waals surface area contributed by atoms with Crippen molar-refractivity contribution in [2.45, 2.75) is 51.1 Å². The van der Waals surface area contributed by atoms with E-state index in [1.807, 2.05) is 12.3 Å². The maximum Gasteiger partial charge on any atom is 0.228 e. The molecule has 3 rings (SSSR count). The van der Waals surface area contributed by atoms with Crippen molar-refractivity contribution in [2.75, 3.05) is 24.6 Å². The summed E-state index contributed by atoms with van der Waals surface area (Å²) in [6, 6.07) is 2.98. The van der Waals surface area contributed by atoms with Gasteiger partial charge in [-0.3, -0.25) is 0 Å². The molecule has 110 valence electrons. The zero-order valence-corrected chi connectivity index (χ0v) is 12.2. The molecule has 0 aromatic carbocycles. The topological polar surface area (TPSA) is 50.3 Å². The van der Waals surface area contributed by atoms with Gasteiger partial charge < -0.3 is 15.0 Å². The molecule has 0 saturated carbocycles. The highest BCUT2D eigenvalue weighted by molar-refractivity contribution is 5.36. The van der Waals surface area contributed by atoms with Crippen molar-refractivity contribution >= 4 is 5.95 Å². The van der Waals surface area contributed by atoms with Gasteiger partial charge in [0.15, 0.2) is 0 Å². The van der Waals surface area contributed by atoms with Gasteiger partial charge in [0.25, 0.3) is 0 Å². The van der Waals surface area contributed by atoms with Gasteiger partial charge in [-0.15, -0.1) is 0 Å². The number of nitrogens with zero attached hydrogens (tertiary/aromatic N) is 3. The zero-order valence-electron chi connectivity index (χ0n) is 12.2. The molecule has 2 unspecified atom stereocenters. The van der Waals surface area contributed by atoms with Crippen molar-refractivity contribution in [1.82, 2.24) is 15.3 Å². The first-order valence-electron chi connectivity index (χ1n) is 7.84. The lowest BCUT2D eigenvalue weighted by Crippen LogP contribution is -2.44. The van der Waals surface area contributed by atoms with E-state index in [9.17, 15) is 0 Å². The SMILES string of the molecule is CCCOc1ccnc(N2CCCC2C2CCCN2)n1. The molecule has 1 aromatic heterocycles. The van der Waals surface area contributed by atoms with Crippen LogP contribution in [0.25, 0.3) is 0 Å². The summed E-state index contributed by atoms with van der Waals surface area (Å²) in [7, 11) is 0. The molecule has 0 spiro atoms. The fourth-order valence-electron chi connectivity index (χ4n) is 3.26. The Morgan fingerprint density at radius 2 is 2.35 bits per heavy atom. The van der Waals surface area contributed by atoms with Crippen molar-refractivity contribution < 1.29 is 4.74 Å². The minimum Gasteiger partial charge on any atom is -0.478 e. The van der Waals surface area contributed by atoms with Crippen LogP contribution in [0, 0.1) is 0 Å². The van der Waals surface area contributed by atoms with Gasteiger partial charge in [0, 0.05) is 30.9 Å². The lowest BCUT2D eigenvalue weighted by atomic mass is 10.0. The highest BCUT2D eigenvalue weighted by Gasteiger charge is 2.34. The maximum atomic E-state index is 5.62. The molecule has 1 aromatic rings. The monoisotopic (exact) mass is 276 g/mol. The van der Waals surface area contributed by atoms with E-state index in [0.717, 1.165) is 25.5 Å². The van der Waals surface area contributed by atoms with E-state index in [2.05, 4.69) is 27.1 Å². The Bertz CT molecular complexity index is 434. The normalized spacial score (nSPS) is 26.1. The smallest absolute Gasteiger partial charge is 0.228 e. The van der Waals surface area contributed by atoms with Crippen LogP contribution >= 0.6 is 0 Å². The molecule has 2 aliphatic rings. The Labute approximate surface area is 120 Å². The molecule has 2 atom stereocenters. The van der Waals surface area contributed by atoms with Crippen molar-refractivity contribution in [2.24, 2.45) is 0 Å². The second-order valence-corrected chi connectivity index (χ2v) is 5.65.